The van der Waals surface area contributed by atoms with E-state index in [-0.39, 0.29) is 6.61 Å². The Bertz CT molecular complexity index is 297. The molecule has 0 fully saturated rings. The molecule has 1 heterocycles. The first-order valence-corrected chi connectivity index (χ1v) is 5.48. The Hall–Kier alpha value is -1.24. The van der Waals surface area contributed by atoms with E-state index in [4.69, 9.17) is 14.6 Å². The number of hydrogen-bond donors (Lipinski definition) is 1. The van der Waals surface area contributed by atoms with Crippen molar-refractivity contribution in [2.75, 3.05) is 45.4 Å². The Morgan fingerprint density at radius 3 is 2.18 bits per heavy atom. The summed E-state index contributed by atoms with van der Waals surface area (Å²) in [6, 6.07) is 3.60. The summed E-state index contributed by atoms with van der Waals surface area (Å²) < 4.78 is 10.1. The minimum Gasteiger partial charge on any atom is -0.390 e. The van der Waals surface area contributed by atoms with Crippen LogP contribution in [-0.4, -0.2) is 55.8 Å². The van der Waals surface area contributed by atoms with Gasteiger partial charge in [0.1, 0.15) is 0 Å². The van der Waals surface area contributed by atoms with Gasteiger partial charge in [-0.2, -0.15) is 5.10 Å². The molecule has 0 atom stereocenters. The number of hydrogen-bond acceptors (Lipinski definition) is 6. The van der Waals surface area contributed by atoms with Crippen LogP contribution in [0.5, 0.6) is 0 Å². The standard InChI is InChI=1S/C11H19N3O3/c1-16-7-5-14(6-8-17-2)11-4-3-10(9-15)12-13-11/h3-4,15H,5-9H2,1-2H3. The second kappa shape index (κ2) is 7.94. The highest BCUT2D eigenvalue weighted by Crippen LogP contribution is 2.09. The summed E-state index contributed by atoms with van der Waals surface area (Å²) in [5, 5.41) is 16.9. The molecule has 6 nitrogen and oxygen atoms in total. The zero-order valence-electron chi connectivity index (χ0n) is 10.3. The molecule has 0 unspecified atom stereocenters. The fourth-order valence-electron chi connectivity index (χ4n) is 1.35. The van der Waals surface area contributed by atoms with Gasteiger partial charge in [-0.1, -0.05) is 0 Å². The zero-order chi connectivity index (χ0) is 12.5. The minimum absolute atomic E-state index is 0.0938. The third kappa shape index (κ3) is 4.64. The van der Waals surface area contributed by atoms with Gasteiger partial charge in [-0.25, -0.2) is 0 Å². The van der Waals surface area contributed by atoms with E-state index < -0.39 is 0 Å². The number of aromatic nitrogens is 2. The second-order valence-electron chi connectivity index (χ2n) is 3.51. The van der Waals surface area contributed by atoms with Crippen molar-refractivity contribution >= 4 is 5.82 Å². The highest BCUT2D eigenvalue weighted by Gasteiger charge is 2.08. The maximum atomic E-state index is 8.89. The lowest BCUT2D eigenvalue weighted by atomic mass is 10.3. The molecule has 0 saturated carbocycles. The van der Waals surface area contributed by atoms with Crippen LogP contribution in [0.15, 0.2) is 12.1 Å². The highest BCUT2D eigenvalue weighted by atomic mass is 16.5. The normalized spacial score (nSPS) is 10.5. The fraction of sp³-hybridized carbons (Fsp3) is 0.636. The van der Waals surface area contributed by atoms with Crippen molar-refractivity contribution in [3.63, 3.8) is 0 Å². The van der Waals surface area contributed by atoms with E-state index in [0.717, 1.165) is 18.9 Å². The van der Waals surface area contributed by atoms with Crippen LogP contribution in [0.1, 0.15) is 5.69 Å². The molecule has 1 aromatic rings. The van der Waals surface area contributed by atoms with Crippen LogP contribution >= 0.6 is 0 Å². The highest BCUT2D eigenvalue weighted by molar-refractivity contribution is 5.37. The minimum atomic E-state index is -0.0938. The van der Waals surface area contributed by atoms with Crippen molar-refractivity contribution in [2.24, 2.45) is 0 Å². The lowest BCUT2D eigenvalue weighted by molar-refractivity contribution is 0.190. The maximum absolute atomic E-state index is 8.89. The summed E-state index contributed by atoms with van der Waals surface area (Å²) in [5.41, 5.74) is 0.562. The molecule has 17 heavy (non-hydrogen) atoms. The number of methoxy groups -OCH3 is 2. The molecule has 0 spiro atoms. The molecule has 0 aliphatic heterocycles. The van der Waals surface area contributed by atoms with Gasteiger partial charge in [-0.05, 0) is 12.1 Å². The van der Waals surface area contributed by atoms with Crippen molar-refractivity contribution in [3.8, 4) is 0 Å². The van der Waals surface area contributed by atoms with Gasteiger partial charge in [0.05, 0.1) is 25.5 Å². The number of rotatable bonds is 8. The molecule has 0 aliphatic carbocycles. The van der Waals surface area contributed by atoms with E-state index in [1.807, 2.05) is 11.0 Å². The van der Waals surface area contributed by atoms with Gasteiger partial charge in [-0.15, -0.1) is 5.10 Å². The predicted molar refractivity (Wildman–Crippen MR) is 63.9 cm³/mol. The van der Waals surface area contributed by atoms with Crippen LogP contribution in [-0.2, 0) is 16.1 Å². The molecule has 0 bridgehead atoms. The first kappa shape index (κ1) is 13.8. The summed E-state index contributed by atoms with van der Waals surface area (Å²) in [7, 11) is 3.32. The Kier molecular flexibility index (Phi) is 6.46. The Labute approximate surface area is 101 Å². The predicted octanol–water partition coefficient (Wildman–Crippen LogP) is 0.0681. The molecular weight excluding hydrogens is 222 g/mol. The van der Waals surface area contributed by atoms with Gasteiger partial charge in [0, 0.05) is 27.3 Å². The Balaban J connectivity index is 2.65. The summed E-state index contributed by atoms with van der Waals surface area (Å²) >= 11 is 0. The van der Waals surface area contributed by atoms with E-state index in [1.165, 1.54) is 0 Å². The third-order valence-electron chi connectivity index (χ3n) is 2.32. The van der Waals surface area contributed by atoms with Crippen molar-refractivity contribution in [1.82, 2.24) is 10.2 Å². The number of anilines is 1. The van der Waals surface area contributed by atoms with Crippen LogP contribution < -0.4 is 4.90 Å². The van der Waals surface area contributed by atoms with E-state index in [2.05, 4.69) is 10.2 Å². The first-order chi connectivity index (χ1) is 8.31. The topological polar surface area (TPSA) is 67.7 Å². The maximum Gasteiger partial charge on any atom is 0.151 e. The van der Waals surface area contributed by atoms with Crippen molar-refractivity contribution in [3.05, 3.63) is 17.8 Å². The molecule has 6 heteroatoms. The molecule has 0 aliphatic rings. The number of aliphatic hydroxyl groups excluding tert-OH is 1. The molecule has 0 saturated heterocycles. The van der Waals surface area contributed by atoms with Crippen LogP contribution in [0.2, 0.25) is 0 Å². The SMILES string of the molecule is COCCN(CCOC)c1ccc(CO)nn1. The number of ether oxygens (including phenoxy) is 2. The van der Waals surface area contributed by atoms with E-state index >= 15 is 0 Å². The van der Waals surface area contributed by atoms with Crippen LogP contribution in [0.25, 0.3) is 0 Å². The van der Waals surface area contributed by atoms with Gasteiger partial charge in [-0.3, -0.25) is 0 Å². The van der Waals surface area contributed by atoms with E-state index in [1.54, 1.807) is 20.3 Å². The Morgan fingerprint density at radius 1 is 1.12 bits per heavy atom. The van der Waals surface area contributed by atoms with Gasteiger partial charge < -0.3 is 19.5 Å². The van der Waals surface area contributed by atoms with Crippen molar-refractivity contribution in [1.29, 1.82) is 0 Å². The first-order valence-electron chi connectivity index (χ1n) is 5.48. The smallest absolute Gasteiger partial charge is 0.151 e. The molecule has 1 N–H and O–H groups in total. The molecule has 1 aromatic heterocycles. The van der Waals surface area contributed by atoms with Gasteiger partial charge >= 0.3 is 0 Å². The second-order valence-corrected chi connectivity index (χ2v) is 3.51. The molecule has 96 valence electrons. The largest absolute Gasteiger partial charge is 0.390 e. The number of nitrogens with zero attached hydrogens (tertiary/aromatic N) is 3. The summed E-state index contributed by atoms with van der Waals surface area (Å²) in [6.07, 6.45) is 0. The van der Waals surface area contributed by atoms with Gasteiger partial charge in [0.2, 0.25) is 0 Å². The molecule has 1 rings (SSSR count). The van der Waals surface area contributed by atoms with Crippen molar-refractivity contribution in [2.45, 2.75) is 6.61 Å². The average molecular weight is 241 g/mol. The summed E-state index contributed by atoms with van der Waals surface area (Å²) in [4.78, 5) is 2.03. The van der Waals surface area contributed by atoms with Crippen molar-refractivity contribution < 1.29 is 14.6 Å². The molecule has 0 aromatic carbocycles. The average Bonchev–Trinajstić information content (AvgIpc) is 2.39. The Morgan fingerprint density at radius 2 is 1.76 bits per heavy atom. The van der Waals surface area contributed by atoms with Crippen LogP contribution in [0, 0.1) is 0 Å². The zero-order valence-corrected chi connectivity index (χ0v) is 10.3. The monoisotopic (exact) mass is 241 g/mol. The lowest BCUT2D eigenvalue weighted by Gasteiger charge is -2.22. The quantitative estimate of drug-likeness (QED) is 0.694. The van der Waals surface area contributed by atoms with E-state index in [0.29, 0.717) is 18.9 Å². The molecule has 0 amide bonds. The van der Waals surface area contributed by atoms with Gasteiger partial charge in [0.25, 0.3) is 0 Å². The van der Waals surface area contributed by atoms with Crippen LogP contribution in [0.4, 0.5) is 5.82 Å². The summed E-state index contributed by atoms with van der Waals surface area (Å²) in [5.74, 6) is 0.760. The van der Waals surface area contributed by atoms with Gasteiger partial charge in [0.15, 0.2) is 5.82 Å². The fourth-order valence-corrected chi connectivity index (χ4v) is 1.35. The third-order valence-corrected chi connectivity index (χ3v) is 2.32. The molecular formula is C11H19N3O3. The molecule has 0 radical (unpaired) electrons. The van der Waals surface area contributed by atoms with E-state index in [9.17, 15) is 0 Å². The summed E-state index contributed by atoms with van der Waals surface area (Å²) in [6.45, 7) is 2.60. The van der Waals surface area contributed by atoms with Crippen LogP contribution in [0.3, 0.4) is 0 Å². The lowest BCUT2D eigenvalue weighted by Crippen LogP contribution is -2.31. The number of aliphatic hydroxyl groups is 1.